The summed E-state index contributed by atoms with van der Waals surface area (Å²) < 4.78 is 6.93. The van der Waals surface area contributed by atoms with Crippen molar-refractivity contribution in [3.05, 3.63) is 92.9 Å². The number of nitrogens with one attached hydrogen (secondary N) is 2. The summed E-state index contributed by atoms with van der Waals surface area (Å²) in [7, 11) is 0. The quantitative estimate of drug-likeness (QED) is 0.143. The Morgan fingerprint density at radius 3 is 2.53 bits per heavy atom. The van der Waals surface area contributed by atoms with Crippen LogP contribution in [0, 0.1) is 17.2 Å². The summed E-state index contributed by atoms with van der Waals surface area (Å²) in [6.45, 7) is 1.90. The standard InChI is InChI=1S/C28H26Br2N4O4/c1-17(6-2-5-9-25(35)34-24-8-4-3-7-23(24)32)27(21-14-19(29)15-22(30)26(21)36)38-28(37)33-20-12-10-18(16-31)11-13-20/h3-5,7-15,17,27,36H,2,6,32H2,1H3,(H,33,37)(H,34,35)/b9-5+/t17-,27-/m0/s1. The molecule has 0 radical (unpaired) electrons. The number of hydrogen-bond donors (Lipinski definition) is 4. The fourth-order valence-electron chi connectivity index (χ4n) is 3.67. The number of phenols is 1. The fraction of sp³-hybridized carbons (Fsp3) is 0.179. The fourth-order valence-corrected chi connectivity index (χ4v) is 4.92. The zero-order chi connectivity index (χ0) is 27.7. The summed E-state index contributed by atoms with van der Waals surface area (Å²) in [4.78, 5) is 25.0. The molecule has 0 saturated heterocycles. The van der Waals surface area contributed by atoms with Gasteiger partial charge in [0.05, 0.1) is 27.5 Å². The molecule has 5 N–H and O–H groups in total. The Labute approximate surface area is 237 Å². The van der Waals surface area contributed by atoms with Crippen LogP contribution in [-0.4, -0.2) is 17.1 Å². The van der Waals surface area contributed by atoms with Crippen molar-refractivity contribution in [1.29, 1.82) is 5.26 Å². The number of nitrogens with two attached hydrogens (primary N) is 1. The topological polar surface area (TPSA) is 137 Å². The smallest absolute Gasteiger partial charge is 0.412 e. The molecule has 0 spiro atoms. The van der Waals surface area contributed by atoms with Gasteiger partial charge >= 0.3 is 6.09 Å². The van der Waals surface area contributed by atoms with Crippen molar-refractivity contribution < 1.29 is 19.4 Å². The Balaban J connectivity index is 1.69. The van der Waals surface area contributed by atoms with Crippen molar-refractivity contribution >= 4 is 60.9 Å². The largest absolute Gasteiger partial charge is 0.506 e. The summed E-state index contributed by atoms with van der Waals surface area (Å²) in [6.07, 6.45) is 2.72. The molecule has 0 fully saturated rings. The molecule has 2 amide bonds. The summed E-state index contributed by atoms with van der Waals surface area (Å²) in [5.41, 5.74) is 8.23. The molecule has 38 heavy (non-hydrogen) atoms. The molecular weight excluding hydrogens is 616 g/mol. The third-order valence-electron chi connectivity index (χ3n) is 5.65. The van der Waals surface area contributed by atoms with Crippen LogP contribution in [-0.2, 0) is 9.53 Å². The number of nitrogen functional groups attached to an aromatic ring is 1. The molecule has 0 heterocycles. The van der Waals surface area contributed by atoms with E-state index < -0.39 is 12.2 Å². The number of nitriles is 1. The number of ether oxygens (including phenoxy) is 1. The van der Waals surface area contributed by atoms with E-state index in [9.17, 15) is 14.7 Å². The number of phenolic OH excluding ortho intramolecular Hbond substituents is 1. The van der Waals surface area contributed by atoms with Gasteiger partial charge in [-0.05, 0) is 89.3 Å². The maximum atomic E-state index is 12.8. The first-order valence-corrected chi connectivity index (χ1v) is 13.2. The first-order valence-electron chi connectivity index (χ1n) is 11.7. The van der Waals surface area contributed by atoms with E-state index in [1.54, 1.807) is 66.7 Å². The number of benzene rings is 3. The lowest BCUT2D eigenvalue weighted by Gasteiger charge is -2.26. The minimum absolute atomic E-state index is 0.0356. The van der Waals surface area contributed by atoms with Gasteiger partial charge in [0, 0.05) is 15.7 Å². The number of anilines is 3. The molecule has 0 bridgehead atoms. The normalized spacial score (nSPS) is 12.4. The SMILES string of the molecule is C[C@@H](CC/C=C/C(=O)Nc1ccccc1N)[C@H](OC(=O)Nc1ccc(C#N)cc1)c1cc(Br)cc(Br)c1O. The summed E-state index contributed by atoms with van der Waals surface area (Å²) >= 11 is 6.75. The van der Waals surface area contributed by atoms with Crippen molar-refractivity contribution in [3.8, 4) is 11.8 Å². The van der Waals surface area contributed by atoms with E-state index in [0.29, 0.717) is 50.0 Å². The second-order valence-electron chi connectivity index (χ2n) is 8.50. The van der Waals surface area contributed by atoms with Crippen LogP contribution < -0.4 is 16.4 Å². The number of allylic oxidation sites excluding steroid dienone is 1. The van der Waals surface area contributed by atoms with Crippen LogP contribution in [0.4, 0.5) is 21.9 Å². The number of amides is 2. The van der Waals surface area contributed by atoms with Gasteiger partial charge in [0.25, 0.3) is 0 Å². The van der Waals surface area contributed by atoms with Crippen LogP contribution in [0.2, 0.25) is 0 Å². The van der Waals surface area contributed by atoms with Gasteiger partial charge in [-0.3, -0.25) is 10.1 Å². The molecule has 3 aromatic rings. The van der Waals surface area contributed by atoms with E-state index in [-0.39, 0.29) is 17.6 Å². The number of hydrogen-bond acceptors (Lipinski definition) is 6. The number of halogens is 2. The van der Waals surface area contributed by atoms with E-state index in [1.165, 1.54) is 6.08 Å². The molecule has 8 nitrogen and oxygen atoms in total. The molecule has 0 aliphatic heterocycles. The van der Waals surface area contributed by atoms with Gasteiger partial charge in [0.2, 0.25) is 5.91 Å². The molecular formula is C28H26Br2N4O4. The van der Waals surface area contributed by atoms with Crippen molar-refractivity contribution in [2.45, 2.75) is 25.9 Å². The van der Waals surface area contributed by atoms with E-state index in [2.05, 4.69) is 42.5 Å². The number of aromatic hydroxyl groups is 1. The highest BCUT2D eigenvalue weighted by molar-refractivity contribution is 9.11. The Kier molecular flexibility index (Phi) is 10.3. The van der Waals surface area contributed by atoms with Gasteiger partial charge in [-0.25, -0.2) is 4.79 Å². The molecule has 0 unspecified atom stereocenters. The third-order valence-corrected chi connectivity index (χ3v) is 6.71. The number of carbonyl (C=O) groups is 2. The lowest BCUT2D eigenvalue weighted by molar-refractivity contribution is -0.111. The molecule has 0 aliphatic carbocycles. The number of para-hydroxylation sites is 2. The Hall–Kier alpha value is -3.81. The van der Waals surface area contributed by atoms with Crippen molar-refractivity contribution in [1.82, 2.24) is 0 Å². The van der Waals surface area contributed by atoms with Crippen molar-refractivity contribution in [3.63, 3.8) is 0 Å². The lowest BCUT2D eigenvalue weighted by atomic mass is 9.92. The van der Waals surface area contributed by atoms with Crippen molar-refractivity contribution in [2.75, 3.05) is 16.4 Å². The molecule has 3 rings (SSSR count). The molecule has 10 heteroatoms. The molecule has 0 saturated carbocycles. The second kappa shape index (κ2) is 13.7. The first kappa shape index (κ1) is 28.8. The van der Waals surface area contributed by atoms with Gasteiger partial charge in [0.15, 0.2) is 0 Å². The van der Waals surface area contributed by atoms with Gasteiger partial charge in [-0.2, -0.15) is 5.26 Å². The van der Waals surface area contributed by atoms with E-state index in [4.69, 9.17) is 15.7 Å². The number of nitrogens with zero attached hydrogens (tertiary/aromatic N) is 1. The molecule has 2 atom stereocenters. The Bertz CT molecular complexity index is 1370. The van der Waals surface area contributed by atoms with Crippen LogP contribution in [0.1, 0.15) is 37.0 Å². The first-order chi connectivity index (χ1) is 18.2. The van der Waals surface area contributed by atoms with Gasteiger partial charge in [-0.15, -0.1) is 0 Å². The predicted octanol–water partition coefficient (Wildman–Crippen LogP) is 7.27. The van der Waals surface area contributed by atoms with Crippen LogP contribution in [0.15, 0.2) is 81.8 Å². The molecule has 0 aromatic heterocycles. The van der Waals surface area contributed by atoms with E-state index in [0.717, 1.165) is 0 Å². The summed E-state index contributed by atoms with van der Waals surface area (Å²) in [6, 6.07) is 18.8. The minimum atomic E-state index is -0.798. The highest BCUT2D eigenvalue weighted by Gasteiger charge is 2.27. The Morgan fingerprint density at radius 2 is 1.84 bits per heavy atom. The summed E-state index contributed by atoms with van der Waals surface area (Å²) in [5, 5.41) is 25.1. The third kappa shape index (κ3) is 8.10. The van der Waals surface area contributed by atoms with Crippen LogP contribution in [0.3, 0.4) is 0 Å². The highest BCUT2D eigenvalue weighted by atomic mass is 79.9. The maximum absolute atomic E-state index is 12.8. The van der Waals surface area contributed by atoms with E-state index in [1.807, 2.05) is 13.0 Å². The zero-order valence-electron chi connectivity index (χ0n) is 20.4. The minimum Gasteiger partial charge on any atom is -0.506 e. The highest BCUT2D eigenvalue weighted by Crippen LogP contribution is 2.40. The average molecular weight is 642 g/mol. The molecule has 196 valence electrons. The monoisotopic (exact) mass is 640 g/mol. The van der Waals surface area contributed by atoms with E-state index >= 15 is 0 Å². The second-order valence-corrected chi connectivity index (χ2v) is 10.3. The molecule has 0 aliphatic rings. The van der Waals surface area contributed by atoms with Gasteiger partial charge in [0.1, 0.15) is 11.9 Å². The predicted molar refractivity (Wildman–Crippen MR) is 155 cm³/mol. The Morgan fingerprint density at radius 1 is 1.13 bits per heavy atom. The lowest BCUT2D eigenvalue weighted by Crippen LogP contribution is -2.22. The van der Waals surface area contributed by atoms with Crippen LogP contribution in [0.25, 0.3) is 0 Å². The average Bonchev–Trinajstić information content (AvgIpc) is 2.89. The van der Waals surface area contributed by atoms with Crippen molar-refractivity contribution in [2.24, 2.45) is 5.92 Å². The van der Waals surface area contributed by atoms with Gasteiger partial charge < -0.3 is 20.9 Å². The molecule has 3 aromatic carbocycles. The number of rotatable bonds is 9. The van der Waals surface area contributed by atoms with Gasteiger partial charge in [-0.1, -0.05) is 41.1 Å². The zero-order valence-corrected chi connectivity index (χ0v) is 23.6. The van der Waals surface area contributed by atoms with Crippen LogP contribution >= 0.6 is 31.9 Å². The summed E-state index contributed by atoms with van der Waals surface area (Å²) in [5.74, 6) is -0.573. The maximum Gasteiger partial charge on any atom is 0.412 e. The number of carbonyl (C=O) groups excluding carboxylic acids is 2. The van der Waals surface area contributed by atoms with Crippen LogP contribution in [0.5, 0.6) is 5.75 Å².